The van der Waals surface area contributed by atoms with Crippen molar-refractivity contribution >= 4 is 106 Å². The van der Waals surface area contributed by atoms with Gasteiger partial charge < -0.3 is 13.7 Å². The SMILES string of the molecule is c1ccc(-n2c3ccc(-n4c5ccccc5c5ccccc54)cc3c3cc(-n4c5ccccc5c5ccc([Si]6(c7ccccc7)c7ccccc7Sc7ccccc76)cc54)ccc32)cc1. The minimum Gasteiger partial charge on any atom is -0.309 e. The highest BCUT2D eigenvalue weighted by atomic mass is 32.2. The first-order valence-electron chi connectivity index (χ1n) is 22.3. The predicted molar refractivity (Wildman–Crippen MR) is 277 cm³/mol. The van der Waals surface area contributed by atoms with Crippen molar-refractivity contribution in [3.8, 4) is 17.1 Å². The zero-order chi connectivity index (χ0) is 42.6. The fourth-order valence-corrected chi connectivity index (χ4v) is 18.2. The summed E-state index contributed by atoms with van der Waals surface area (Å²) in [6.07, 6.45) is 0. The van der Waals surface area contributed by atoms with Crippen LogP contribution in [0.15, 0.2) is 246 Å². The van der Waals surface area contributed by atoms with Crippen LogP contribution in [0.4, 0.5) is 0 Å². The molecular formula is C60H39N3SSi. The standard InChI is InChI=1S/C60H39N3SSi/c1-3-17-40(18-4-1)61-54-35-31-41(62-51-24-10-7-21-45(51)46-22-8-11-25-52(46)62)37-49(54)50-38-42(32-36-55(50)61)63-53-26-12-9-23-47(53)48-34-33-44(39-56(48)63)65(43-19-5-2-6-20-43)59-29-15-13-27-57(59)64-58-28-14-16-30-60(58)65/h1-39H. The molecule has 0 atom stereocenters. The first-order valence-corrected chi connectivity index (χ1v) is 25.2. The van der Waals surface area contributed by atoms with Crippen molar-refractivity contribution in [2.75, 3.05) is 0 Å². The lowest BCUT2D eigenvalue weighted by Gasteiger charge is -2.39. The Morgan fingerprint density at radius 2 is 0.677 bits per heavy atom. The number of hydrogen-bond acceptors (Lipinski definition) is 1. The van der Waals surface area contributed by atoms with E-state index in [0.29, 0.717) is 0 Å². The molecular weight excluding hydrogens is 823 g/mol. The third-order valence-corrected chi connectivity index (χ3v) is 20.3. The van der Waals surface area contributed by atoms with Crippen molar-refractivity contribution < 1.29 is 0 Å². The third kappa shape index (κ3) is 5.19. The van der Waals surface area contributed by atoms with Gasteiger partial charge in [0.15, 0.2) is 8.07 Å². The molecule has 1 aliphatic rings. The molecule has 0 aliphatic carbocycles. The van der Waals surface area contributed by atoms with E-state index >= 15 is 0 Å². The van der Waals surface area contributed by atoms with Gasteiger partial charge in [-0.05, 0) is 106 Å². The number of para-hydroxylation sites is 4. The van der Waals surface area contributed by atoms with Crippen LogP contribution in [-0.4, -0.2) is 21.8 Å². The lowest BCUT2D eigenvalue weighted by atomic mass is 10.1. The molecule has 65 heavy (non-hydrogen) atoms. The fraction of sp³-hybridized carbons (Fsp3) is 0. The molecule has 0 N–H and O–H groups in total. The maximum absolute atomic E-state index is 2.79. The fourth-order valence-electron chi connectivity index (χ4n) is 11.3. The molecule has 3 aromatic heterocycles. The molecule has 10 aromatic carbocycles. The van der Waals surface area contributed by atoms with Gasteiger partial charge in [0.05, 0.1) is 33.1 Å². The topological polar surface area (TPSA) is 14.8 Å². The van der Waals surface area contributed by atoms with Crippen LogP contribution in [0.2, 0.25) is 0 Å². The summed E-state index contributed by atoms with van der Waals surface area (Å²) < 4.78 is 7.39. The van der Waals surface area contributed by atoms with Gasteiger partial charge >= 0.3 is 0 Å². The normalized spacial score (nSPS) is 13.3. The summed E-state index contributed by atoms with van der Waals surface area (Å²) in [5, 5.41) is 13.2. The van der Waals surface area contributed by atoms with Crippen LogP contribution in [0.1, 0.15) is 0 Å². The number of aromatic nitrogens is 3. The second-order valence-corrected chi connectivity index (χ2v) is 22.1. The van der Waals surface area contributed by atoms with Crippen molar-refractivity contribution in [1.82, 2.24) is 13.7 Å². The van der Waals surface area contributed by atoms with Crippen LogP contribution in [0, 0.1) is 0 Å². The van der Waals surface area contributed by atoms with Crippen LogP contribution < -0.4 is 20.7 Å². The van der Waals surface area contributed by atoms with Gasteiger partial charge in [0.25, 0.3) is 0 Å². The number of hydrogen-bond donors (Lipinski definition) is 0. The zero-order valence-electron chi connectivity index (χ0n) is 35.3. The van der Waals surface area contributed by atoms with E-state index in [1.54, 1.807) is 0 Å². The maximum Gasteiger partial charge on any atom is 0.181 e. The maximum atomic E-state index is 2.55. The minimum atomic E-state index is -2.79. The Balaban J connectivity index is 1.06. The molecule has 1 aliphatic heterocycles. The summed E-state index contributed by atoms with van der Waals surface area (Å²) in [6.45, 7) is 0. The van der Waals surface area contributed by atoms with Gasteiger partial charge in [-0.3, -0.25) is 0 Å². The first kappa shape index (κ1) is 36.6. The van der Waals surface area contributed by atoms with Gasteiger partial charge in [-0.25, -0.2) is 0 Å². The monoisotopic (exact) mass is 861 g/mol. The Bertz CT molecular complexity index is 3950. The molecule has 0 spiro atoms. The molecule has 0 saturated carbocycles. The molecule has 304 valence electrons. The highest BCUT2D eigenvalue weighted by molar-refractivity contribution is 8.00. The quantitative estimate of drug-likeness (QED) is 0.157. The lowest BCUT2D eigenvalue weighted by molar-refractivity contribution is 1.16. The van der Waals surface area contributed by atoms with Gasteiger partial charge in [0.1, 0.15) is 0 Å². The average Bonchev–Trinajstić information content (AvgIpc) is 4.01. The Hall–Kier alpha value is -7.83. The molecule has 0 bridgehead atoms. The molecule has 4 heterocycles. The molecule has 14 rings (SSSR count). The Kier molecular flexibility index (Phi) is 7.94. The second kappa shape index (κ2) is 14.1. The summed E-state index contributed by atoms with van der Waals surface area (Å²) in [5.74, 6) is 0. The van der Waals surface area contributed by atoms with E-state index in [0.717, 1.165) is 17.1 Å². The average molecular weight is 862 g/mol. The molecule has 0 unspecified atom stereocenters. The summed E-state index contributed by atoms with van der Waals surface area (Å²) >= 11 is 1.91. The number of fused-ring (bicyclic) bond motifs is 11. The molecule has 0 fully saturated rings. The van der Waals surface area contributed by atoms with E-state index in [2.05, 4.69) is 250 Å². The Morgan fingerprint density at radius 3 is 1.23 bits per heavy atom. The number of benzene rings is 10. The predicted octanol–water partition coefficient (Wildman–Crippen LogP) is 12.8. The van der Waals surface area contributed by atoms with Gasteiger partial charge in [-0.15, -0.1) is 0 Å². The van der Waals surface area contributed by atoms with E-state index < -0.39 is 8.07 Å². The van der Waals surface area contributed by atoms with Crippen LogP contribution >= 0.6 is 11.8 Å². The Morgan fingerprint density at radius 1 is 0.262 bits per heavy atom. The van der Waals surface area contributed by atoms with Crippen LogP contribution in [-0.2, 0) is 0 Å². The summed E-state index contributed by atoms with van der Waals surface area (Å²) in [6, 6.07) is 88.5. The third-order valence-electron chi connectivity index (χ3n) is 14.0. The molecule has 3 nitrogen and oxygen atoms in total. The highest BCUT2D eigenvalue weighted by Gasteiger charge is 2.47. The van der Waals surface area contributed by atoms with E-state index in [1.807, 2.05) is 11.8 Å². The van der Waals surface area contributed by atoms with Crippen LogP contribution in [0.5, 0.6) is 0 Å². The lowest BCUT2D eigenvalue weighted by Crippen LogP contribution is -2.76. The van der Waals surface area contributed by atoms with Crippen molar-refractivity contribution in [2.24, 2.45) is 0 Å². The molecule has 13 aromatic rings. The van der Waals surface area contributed by atoms with Crippen molar-refractivity contribution in [3.05, 3.63) is 237 Å². The first-order chi connectivity index (χ1) is 32.3. The van der Waals surface area contributed by atoms with E-state index in [9.17, 15) is 0 Å². The van der Waals surface area contributed by atoms with Crippen LogP contribution in [0.25, 0.3) is 82.5 Å². The zero-order valence-corrected chi connectivity index (χ0v) is 37.1. The van der Waals surface area contributed by atoms with Gasteiger partial charge in [-0.1, -0.05) is 163 Å². The Labute approximate surface area is 381 Å². The van der Waals surface area contributed by atoms with Crippen molar-refractivity contribution in [3.63, 3.8) is 0 Å². The van der Waals surface area contributed by atoms with Gasteiger partial charge in [-0.2, -0.15) is 0 Å². The number of nitrogens with zero attached hydrogens (tertiary/aromatic N) is 3. The molecule has 0 saturated heterocycles. The summed E-state index contributed by atoms with van der Waals surface area (Å²) in [7, 11) is -2.79. The molecule has 0 radical (unpaired) electrons. The van der Waals surface area contributed by atoms with Gasteiger partial charge in [0, 0.05) is 59.2 Å². The van der Waals surface area contributed by atoms with Crippen molar-refractivity contribution in [2.45, 2.75) is 9.79 Å². The van der Waals surface area contributed by atoms with E-state index in [4.69, 9.17) is 0 Å². The van der Waals surface area contributed by atoms with Crippen LogP contribution in [0.3, 0.4) is 0 Å². The minimum absolute atomic E-state index is 1.14. The second-order valence-electron chi connectivity index (χ2n) is 17.2. The molecule has 5 heteroatoms. The van der Waals surface area contributed by atoms with E-state index in [-0.39, 0.29) is 0 Å². The largest absolute Gasteiger partial charge is 0.309 e. The summed E-state index contributed by atoms with van der Waals surface area (Å²) in [4.78, 5) is 2.70. The van der Waals surface area contributed by atoms with Gasteiger partial charge in [0.2, 0.25) is 0 Å². The molecule has 0 amide bonds. The highest BCUT2D eigenvalue weighted by Crippen LogP contribution is 2.40. The van der Waals surface area contributed by atoms with Crippen molar-refractivity contribution in [1.29, 1.82) is 0 Å². The smallest absolute Gasteiger partial charge is 0.181 e. The number of rotatable bonds is 5. The summed E-state index contributed by atoms with van der Waals surface area (Å²) in [5.41, 5.74) is 10.6. The van der Waals surface area contributed by atoms with E-state index in [1.165, 1.54) is 96.0 Å².